The van der Waals surface area contributed by atoms with Crippen molar-refractivity contribution in [2.45, 2.75) is 4.90 Å². The number of nitrogens with zero attached hydrogens (tertiary/aromatic N) is 3. The zero-order valence-electron chi connectivity index (χ0n) is 14.9. The number of anilines is 2. The minimum absolute atomic E-state index is 0.130. The Morgan fingerprint density at radius 2 is 1.78 bits per heavy atom. The number of amides is 1. The van der Waals surface area contributed by atoms with Crippen LogP contribution >= 0.6 is 11.3 Å². The second-order valence-corrected chi connectivity index (χ2v) is 8.96. The van der Waals surface area contributed by atoms with E-state index in [-0.39, 0.29) is 10.5 Å². The maximum Gasteiger partial charge on any atom is 0.274 e. The molecule has 0 saturated carbocycles. The van der Waals surface area contributed by atoms with Crippen molar-refractivity contribution in [2.24, 2.45) is 0 Å². The third-order valence-corrected chi connectivity index (χ3v) is 6.97. The van der Waals surface area contributed by atoms with Gasteiger partial charge in [0.15, 0.2) is 5.13 Å². The molecule has 0 atom stereocenters. The van der Waals surface area contributed by atoms with Crippen LogP contribution in [0.15, 0.2) is 47.4 Å². The molecular formula is C17H18N4O4S2. The molecule has 0 aliphatic heterocycles. The van der Waals surface area contributed by atoms with Gasteiger partial charge in [-0.15, -0.1) is 0 Å². The number of benzene rings is 2. The van der Waals surface area contributed by atoms with Crippen LogP contribution in [0.2, 0.25) is 0 Å². The van der Waals surface area contributed by atoms with E-state index in [4.69, 9.17) is 5.21 Å². The molecule has 8 nitrogen and oxygen atoms in total. The lowest BCUT2D eigenvalue weighted by Crippen LogP contribution is -2.26. The quantitative estimate of drug-likeness (QED) is 0.498. The smallest absolute Gasteiger partial charge is 0.274 e. The number of sulfonamides is 1. The van der Waals surface area contributed by atoms with E-state index in [1.54, 1.807) is 18.2 Å². The van der Waals surface area contributed by atoms with Gasteiger partial charge in [-0.2, -0.15) is 0 Å². The van der Waals surface area contributed by atoms with Crippen LogP contribution in [-0.4, -0.2) is 45.7 Å². The van der Waals surface area contributed by atoms with Crippen LogP contribution in [-0.2, 0) is 10.0 Å². The molecule has 2 aromatic carbocycles. The number of nitrogens with one attached hydrogen (secondary N) is 1. The number of hydrogen-bond acceptors (Lipinski definition) is 7. The number of carbonyl (C=O) groups excluding carboxylic acids is 1. The summed E-state index contributed by atoms with van der Waals surface area (Å²) in [5.74, 6) is -0.669. The van der Waals surface area contributed by atoms with Crippen molar-refractivity contribution in [3.8, 4) is 0 Å². The predicted molar refractivity (Wildman–Crippen MR) is 105 cm³/mol. The van der Waals surface area contributed by atoms with Gasteiger partial charge >= 0.3 is 0 Å². The predicted octanol–water partition coefficient (Wildman–Crippen LogP) is 2.31. The Labute approximate surface area is 160 Å². The van der Waals surface area contributed by atoms with Crippen LogP contribution in [0.3, 0.4) is 0 Å². The molecule has 0 aliphatic rings. The summed E-state index contributed by atoms with van der Waals surface area (Å²) in [6, 6.07) is 10.7. The van der Waals surface area contributed by atoms with Gasteiger partial charge in [-0.3, -0.25) is 14.3 Å². The molecule has 27 heavy (non-hydrogen) atoms. The highest BCUT2D eigenvalue weighted by atomic mass is 32.2. The normalized spacial score (nSPS) is 11.4. The minimum Gasteiger partial charge on any atom is -0.354 e. The molecule has 0 saturated heterocycles. The number of hydrogen-bond donors (Lipinski definition) is 2. The third-order valence-electron chi connectivity index (χ3n) is 3.98. The second-order valence-electron chi connectivity index (χ2n) is 5.98. The second kappa shape index (κ2) is 7.14. The zero-order valence-corrected chi connectivity index (χ0v) is 16.5. The fourth-order valence-electron chi connectivity index (χ4n) is 2.43. The van der Waals surface area contributed by atoms with E-state index in [2.05, 4.69) is 4.98 Å². The Hall–Kier alpha value is -2.69. The summed E-state index contributed by atoms with van der Waals surface area (Å²) in [6.07, 6.45) is 0. The van der Waals surface area contributed by atoms with Crippen molar-refractivity contribution in [1.82, 2.24) is 10.5 Å². The number of hydroxylamine groups is 1. The standard InChI is InChI=1S/C17H18N4O4S2/c1-20(2)17-18-14-10-13(8-9-15(14)26-17)27(24,25)21(3)12-6-4-11(5-7-12)16(22)19-23/h4-10,23H,1-3H3,(H,19,22). The van der Waals surface area contributed by atoms with Gasteiger partial charge in [0.05, 0.1) is 20.8 Å². The molecule has 1 heterocycles. The minimum atomic E-state index is -3.80. The van der Waals surface area contributed by atoms with Gasteiger partial charge in [0.25, 0.3) is 15.9 Å². The van der Waals surface area contributed by atoms with Crippen molar-refractivity contribution in [3.63, 3.8) is 0 Å². The first-order valence-electron chi connectivity index (χ1n) is 7.85. The summed E-state index contributed by atoms with van der Waals surface area (Å²) >= 11 is 1.48. The molecule has 1 aromatic heterocycles. The molecule has 0 unspecified atom stereocenters. The van der Waals surface area contributed by atoms with E-state index < -0.39 is 15.9 Å². The number of fused-ring (bicyclic) bond motifs is 1. The molecule has 10 heteroatoms. The molecule has 0 fully saturated rings. The molecule has 3 aromatic rings. The van der Waals surface area contributed by atoms with E-state index in [1.807, 2.05) is 19.0 Å². The Morgan fingerprint density at radius 3 is 2.37 bits per heavy atom. The highest BCUT2D eigenvalue weighted by Crippen LogP contribution is 2.30. The van der Waals surface area contributed by atoms with Crippen LogP contribution in [0.25, 0.3) is 10.2 Å². The van der Waals surface area contributed by atoms with Gasteiger partial charge in [0, 0.05) is 26.7 Å². The van der Waals surface area contributed by atoms with Gasteiger partial charge in [0.1, 0.15) is 0 Å². The van der Waals surface area contributed by atoms with Crippen molar-refractivity contribution in [2.75, 3.05) is 30.3 Å². The monoisotopic (exact) mass is 406 g/mol. The highest BCUT2D eigenvalue weighted by Gasteiger charge is 2.22. The van der Waals surface area contributed by atoms with E-state index in [9.17, 15) is 13.2 Å². The first-order valence-corrected chi connectivity index (χ1v) is 10.1. The number of carbonyl (C=O) groups is 1. The summed E-state index contributed by atoms with van der Waals surface area (Å²) in [4.78, 5) is 17.8. The zero-order chi connectivity index (χ0) is 19.8. The fraction of sp³-hybridized carbons (Fsp3) is 0.176. The molecule has 0 radical (unpaired) electrons. The Balaban J connectivity index is 1.95. The fourth-order valence-corrected chi connectivity index (χ4v) is 4.52. The average molecular weight is 406 g/mol. The number of aromatic nitrogens is 1. The van der Waals surface area contributed by atoms with Gasteiger partial charge in [-0.1, -0.05) is 11.3 Å². The summed E-state index contributed by atoms with van der Waals surface area (Å²) in [5.41, 5.74) is 2.75. The van der Waals surface area contributed by atoms with E-state index >= 15 is 0 Å². The number of rotatable bonds is 5. The molecule has 0 aliphatic carbocycles. The summed E-state index contributed by atoms with van der Waals surface area (Å²) in [6.45, 7) is 0. The van der Waals surface area contributed by atoms with Crippen LogP contribution in [0.4, 0.5) is 10.8 Å². The molecular weight excluding hydrogens is 388 g/mol. The van der Waals surface area contributed by atoms with E-state index in [1.165, 1.54) is 48.1 Å². The van der Waals surface area contributed by atoms with Gasteiger partial charge in [0.2, 0.25) is 0 Å². The third kappa shape index (κ3) is 3.59. The Bertz CT molecular complexity index is 1090. The van der Waals surface area contributed by atoms with Gasteiger partial charge in [-0.05, 0) is 42.5 Å². The number of thiazole rings is 1. The first-order chi connectivity index (χ1) is 12.7. The largest absolute Gasteiger partial charge is 0.354 e. The van der Waals surface area contributed by atoms with Crippen LogP contribution in [0.1, 0.15) is 10.4 Å². The van der Waals surface area contributed by atoms with Crippen LogP contribution in [0, 0.1) is 0 Å². The van der Waals surface area contributed by atoms with Crippen LogP contribution < -0.4 is 14.7 Å². The molecule has 142 valence electrons. The first kappa shape index (κ1) is 19.1. The molecule has 2 N–H and O–H groups in total. The maximum absolute atomic E-state index is 13.0. The lowest BCUT2D eigenvalue weighted by molar-refractivity contribution is 0.0706. The Kier molecular flexibility index (Phi) is 5.05. The topological polar surface area (TPSA) is 103 Å². The van der Waals surface area contributed by atoms with Crippen molar-refractivity contribution >= 4 is 48.3 Å². The van der Waals surface area contributed by atoms with E-state index in [0.29, 0.717) is 11.2 Å². The summed E-state index contributed by atoms with van der Waals surface area (Å²) in [7, 11) is 1.40. The highest BCUT2D eigenvalue weighted by molar-refractivity contribution is 7.92. The lowest BCUT2D eigenvalue weighted by atomic mass is 10.2. The van der Waals surface area contributed by atoms with Crippen molar-refractivity contribution in [1.29, 1.82) is 0 Å². The molecule has 3 rings (SSSR count). The summed E-state index contributed by atoms with van der Waals surface area (Å²) in [5, 5.41) is 9.45. The molecule has 1 amide bonds. The van der Waals surface area contributed by atoms with Gasteiger partial charge < -0.3 is 4.90 Å². The maximum atomic E-state index is 13.0. The molecule has 0 spiro atoms. The van der Waals surface area contributed by atoms with Crippen LogP contribution in [0.5, 0.6) is 0 Å². The lowest BCUT2D eigenvalue weighted by Gasteiger charge is -2.19. The van der Waals surface area contributed by atoms with Crippen molar-refractivity contribution in [3.05, 3.63) is 48.0 Å². The molecule has 0 bridgehead atoms. The average Bonchev–Trinajstić information content (AvgIpc) is 3.10. The SMILES string of the molecule is CN(C)c1nc2cc(S(=O)(=O)N(C)c3ccc(C(=O)NO)cc3)ccc2s1. The summed E-state index contributed by atoms with van der Waals surface area (Å²) < 4.78 is 28.0. The van der Waals surface area contributed by atoms with Crippen molar-refractivity contribution < 1.29 is 18.4 Å². The van der Waals surface area contributed by atoms with Gasteiger partial charge in [-0.25, -0.2) is 18.9 Å². The Morgan fingerprint density at radius 1 is 1.11 bits per heavy atom. The van der Waals surface area contributed by atoms with E-state index in [0.717, 1.165) is 14.1 Å².